The highest BCUT2D eigenvalue weighted by Crippen LogP contribution is 2.44. The van der Waals surface area contributed by atoms with Crippen molar-refractivity contribution in [1.29, 1.82) is 0 Å². The van der Waals surface area contributed by atoms with Crippen molar-refractivity contribution in [1.82, 2.24) is 0 Å². The van der Waals surface area contributed by atoms with Crippen molar-refractivity contribution in [3.05, 3.63) is 64.7 Å². The summed E-state index contributed by atoms with van der Waals surface area (Å²) < 4.78 is 5.44. The Balaban J connectivity index is 2.06. The normalized spacial score (nSPS) is 17.0. The van der Waals surface area contributed by atoms with E-state index in [1.165, 1.54) is 0 Å². The molecule has 0 aromatic heterocycles. The van der Waals surface area contributed by atoms with E-state index >= 15 is 0 Å². The Morgan fingerprint density at radius 2 is 1.83 bits per heavy atom. The third-order valence-electron chi connectivity index (χ3n) is 4.80. The van der Waals surface area contributed by atoms with Gasteiger partial charge in [0.25, 0.3) is 5.91 Å². The highest BCUT2D eigenvalue weighted by Gasteiger charge is 2.43. The van der Waals surface area contributed by atoms with Crippen molar-refractivity contribution in [2.24, 2.45) is 0 Å². The second kappa shape index (κ2) is 5.71. The molecule has 1 amide bonds. The maximum atomic E-state index is 12.4. The summed E-state index contributed by atoms with van der Waals surface area (Å²) in [5.41, 5.74) is 12.3. The zero-order valence-electron chi connectivity index (χ0n) is 14.5. The van der Waals surface area contributed by atoms with E-state index in [0.29, 0.717) is 5.57 Å². The van der Waals surface area contributed by atoms with Crippen LogP contribution < -0.4 is 15.4 Å². The second-order valence-corrected chi connectivity index (χ2v) is 6.31. The summed E-state index contributed by atoms with van der Waals surface area (Å²) in [7, 11) is 1.64. The van der Waals surface area contributed by atoms with Crippen molar-refractivity contribution in [2.75, 3.05) is 17.7 Å². The number of hydrogen-bond acceptors (Lipinski definition) is 3. The average Bonchev–Trinajstić information content (AvgIpc) is 2.57. The van der Waals surface area contributed by atoms with Crippen LogP contribution in [0.1, 0.15) is 28.3 Å². The molecule has 4 heteroatoms. The van der Waals surface area contributed by atoms with E-state index in [-0.39, 0.29) is 11.9 Å². The lowest BCUT2D eigenvalue weighted by Gasteiger charge is -2.43. The first-order valence-corrected chi connectivity index (χ1v) is 7.88. The van der Waals surface area contributed by atoms with E-state index in [2.05, 4.69) is 6.58 Å². The van der Waals surface area contributed by atoms with Gasteiger partial charge in [-0.25, -0.2) is 0 Å². The molecule has 0 saturated carbocycles. The lowest BCUT2D eigenvalue weighted by atomic mass is 9.87. The van der Waals surface area contributed by atoms with E-state index in [9.17, 15) is 4.79 Å². The molecule has 1 atom stereocenters. The van der Waals surface area contributed by atoms with E-state index in [1.54, 1.807) is 12.0 Å². The summed E-state index contributed by atoms with van der Waals surface area (Å²) >= 11 is 0. The summed E-state index contributed by atoms with van der Waals surface area (Å²) in [5, 5.41) is 0. The zero-order chi connectivity index (χ0) is 17.6. The number of carbonyl (C=O) groups excluding carboxylic acids is 1. The van der Waals surface area contributed by atoms with Crippen molar-refractivity contribution in [2.45, 2.75) is 26.8 Å². The van der Waals surface area contributed by atoms with Gasteiger partial charge in [-0.1, -0.05) is 18.7 Å². The first-order chi connectivity index (χ1) is 11.3. The Kier molecular flexibility index (Phi) is 3.84. The quantitative estimate of drug-likeness (QED) is 0.530. The maximum Gasteiger partial charge on any atom is 0.256 e. The van der Waals surface area contributed by atoms with Gasteiger partial charge in [-0.2, -0.15) is 0 Å². The maximum absolute atomic E-state index is 12.4. The SMILES string of the molecule is C=C1C(=O)N(c2cc(C)c(C)c(OC)c2)[C@H]1c1ccc(C)c(N)c1. The van der Waals surface area contributed by atoms with Gasteiger partial charge in [0, 0.05) is 23.0 Å². The molecule has 0 radical (unpaired) electrons. The van der Waals surface area contributed by atoms with Crippen molar-refractivity contribution in [3.63, 3.8) is 0 Å². The molecule has 1 fully saturated rings. The molecule has 124 valence electrons. The van der Waals surface area contributed by atoms with Crippen LogP contribution in [0.4, 0.5) is 11.4 Å². The van der Waals surface area contributed by atoms with Gasteiger partial charge in [0.05, 0.1) is 13.2 Å². The molecule has 1 aliphatic heterocycles. The van der Waals surface area contributed by atoms with Crippen LogP contribution in [0, 0.1) is 20.8 Å². The van der Waals surface area contributed by atoms with Crippen molar-refractivity contribution < 1.29 is 9.53 Å². The number of ether oxygens (including phenoxy) is 1. The highest BCUT2D eigenvalue weighted by molar-refractivity contribution is 6.15. The van der Waals surface area contributed by atoms with Gasteiger partial charge in [-0.15, -0.1) is 0 Å². The number of benzene rings is 2. The molecule has 2 N–H and O–H groups in total. The third-order valence-corrected chi connectivity index (χ3v) is 4.80. The van der Waals surface area contributed by atoms with Gasteiger partial charge in [-0.3, -0.25) is 9.69 Å². The van der Waals surface area contributed by atoms with Crippen LogP contribution in [-0.4, -0.2) is 13.0 Å². The van der Waals surface area contributed by atoms with Crippen molar-refractivity contribution in [3.8, 4) is 5.75 Å². The molecule has 0 unspecified atom stereocenters. The van der Waals surface area contributed by atoms with E-state index < -0.39 is 0 Å². The number of rotatable bonds is 3. The minimum absolute atomic E-state index is 0.0653. The Hall–Kier alpha value is -2.75. The van der Waals surface area contributed by atoms with Gasteiger partial charge in [0.1, 0.15) is 5.75 Å². The number of amides is 1. The topological polar surface area (TPSA) is 55.6 Å². The second-order valence-electron chi connectivity index (χ2n) is 6.31. The Bertz CT molecular complexity index is 855. The largest absolute Gasteiger partial charge is 0.496 e. The minimum Gasteiger partial charge on any atom is -0.496 e. The molecule has 1 aliphatic rings. The average molecular weight is 322 g/mol. The standard InChI is InChI=1S/C20H22N2O2/c1-11-6-7-15(9-17(11)21)19-14(4)20(23)22(19)16-8-12(2)13(3)18(10-16)24-5/h6-10,19H,4,21H2,1-3,5H3/t19-/m1/s1. The molecule has 4 nitrogen and oxygen atoms in total. The molecular weight excluding hydrogens is 300 g/mol. The van der Waals surface area contributed by atoms with Gasteiger partial charge < -0.3 is 10.5 Å². The third kappa shape index (κ3) is 2.35. The first-order valence-electron chi connectivity index (χ1n) is 7.88. The number of aryl methyl sites for hydroxylation is 2. The zero-order valence-corrected chi connectivity index (χ0v) is 14.5. The summed E-state index contributed by atoms with van der Waals surface area (Å²) in [6.45, 7) is 9.93. The first kappa shape index (κ1) is 16.1. The van der Waals surface area contributed by atoms with Crippen LogP contribution in [0.25, 0.3) is 0 Å². The molecule has 0 aliphatic carbocycles. The predicted octanol–water partition coefficient (Wildman–Crippen LogP) is 3.85. The van der Waals surface area contributed by atoms with Crippen LogP contribution >= 0.6 is 0 Å². The summed E-state index contributed by atoms with van der Waals surface area (Å²) in [6.07, 6.45) is 0. The number of nitrogens with two attached hydrogens (primary N) is 1. The fourth-order valence-corrected chi connectivity index (χ4v) is 3.08. The van der Waals surface area contributed by atoms with E-state index in [4.69, 9.17) is 10.5 Å². The van der Waals surface area contributed by atoms with Crippen LogP contribution in [0.2, 0.25) is 0 Å². The molecule has 3 rings (SSSR count). The number of carbonyl (C=O) groups is 1. The van der Waals surface area contributed by atoms with Gasteiger partial charge >= 0.3 is 0 Å². The molecule has 1 heterocycles. The molecule has 2 aromatic rings. The molecule has 24 heavy (non-hydrogen) atoms. The number of β-lactam (4-membered cyclic amide) rings is 1. The molecule has 1 saturated heterocycles. The van der Waals surface area contributed by atoms with E-state index in [1.807, 2.05) is 51.1 Å². The smallest absolute Gasteiger partial charge is 0.256 e. The fourth-order valence-electron chi connectivity index (χ4n) is 3.08. The molecule has 0 bridgehead atoms. The van der Waals surface area contributed by atoms with Gasteiger partial charge in [0.15, 0.2) is 0 Å². The van der Waals surface area contributed by atoms with Gasteiger partial charge in [0.2, 0.25) is 0 Å². The Morgan fingerprint density at radius 1 is 1.12 bits per heavy atom. The number of anilines is 2. The number of nitrogens with zero attached hydrogens (tertiary/aromatic N) is 1. The van der Waals surface area contributed by atoms with Crippen LogP contribution in [0.15, 0.2) is 42.5 Å². The van der Waals surface area contributed by atoms with Gasteiger partial charge in [-0.05, 0) is 55.2 Å². The lowest BCUT2D eigenvalue weighted by molar-refractivity contribution is -0.118. The number of methoxy groups -OCH3 is 1. The summed E-state index contributed by atoms with van der Waals surface area (Å²) in [5.74, 6) is 0.710. The lowest BCUT2D eigenvalue weighted by Crippen LogP contribution is -2.49. The van der Waals surface area contributed by atoms with Crippen molar-refractivity contribution >= 4 is 17.3 Å². The number of nitrogen functional groups attached to an aromatic ring is 1. The predicted molar refractivity (Wildman–Crippen MR) is 97.4 cm³/mol. The monoisotopic (exact) mass is 322 g/mol. The molecule has 2 aromatic carbocycles. The van der Waals surface area contributed by atoms with Crippen LogP contribution in [0.3, 0.4) is 0 Å². The number of hydrogen-bond donors (Lipinski definition) is 1. The Labute approximate surface area is 142 Å². The highest BCUT2D eigenvalue weighted by atomic mass is 16.5. The van der Waals surface area contributed by atoms with Crippen LogP contribution in [-0.2, 0) is 4.79 Å². The van der Waals surface area contributed by atoms with Crippen LogP contribution in [0.5, 0.6) is 5.75 Å². The van der Waals surface area contributed by atoms with E-state index in [0.717, 1.165) is 39.4 Å². The summed E-state index contributed by atoms with van der Waals surface area (Å²) in [6, 6.07) is 9.61. The molecular formula is C20H22N2O2. The molecule has 0 spiro atoms. The minimum atomic E-state index is -0.188. The fraction of sp³-hybridized carbons (Fsp3) is 0.250. The Morgan fingerprint density at radius 3 is 2.46 bits per heavy atom. The summed E-state index contributed by atoms with van der Waals surface area (Å²) in [4.78, 5) is 14.2.